The zero-order chi connectivity index (χ0) is 18.8. The topological polar surface area (TPSA) is 92.0 Å². The number of ether oxygens (including phenoxy) is 1. The van der Waals surface area contributed by atoms with Crippen LogP contribution in [0.5, 0.6) is 0 Å². The van der Waals surface area contributed by atoms with Crippen LogP contribution in [0.1, 0.15) is 26.3 Å². The van der Waals surface area contributed by atoms with Crippen LogP contribution < -0.4 is 0 Å². The Labute approximate surface area is 151 Å². The highest BCUT2D eigenvalue weighted by molar-refractivity contribution is 6.29. The minimum absolute atomic E-state index is 0.141. The summed E-state index contributed by atoms with van der Waals surface area (Å²) in [6.07, 6.45) is 0.592. The molecule has 0 aromatic carbocycles. The van der Waals surface area contributed by atoms with E-state index in [1.165, 1.54) is 11.8 Å². The van der Waals surface area contributed by atoms with Crippen LogP contribution in [-0.4, -0.2) is 56.8 Å². The maximum atomic E-state index is 11.7. The molecule has 0 amide bonds. The van der Waals surface area contributed by atoms with Crippen molar-refractivity contribution in [2.24, 2.45) is 0 Å². The van der Waals surface area contributed by atoms with Gasteiger partial charge in [-0.1, -0.05) is 17.7 Å². The van der Waals surface area contributed by atoms with Gasteiger partial charge in [0.25, 0.3) is 0 Å². The molecule has 0 spiro atoms. The van der Waals surface area contributed by atoms with Crippen LogP contribution in [0.3, 0.4) is 0 Å². The molecule has 0 radical (unpaired) electrons. The van der Waals surface area contributed by atoms with E-state index in [1.54, 1.807) is 26.2 Å². The molecule has 0 saturated heterocycles. The first-order valence-corrected chi connectivity index (χ1v) is 8.43. The van der Waals surface area contributed by atoms with Crippen molar-refractivity contribution in [2.45, 2.75) is 39.1 Å². The highest BCUT2D eigenvalue weighted by Gasteiger charge is 2.55. The van der Waals surface area contributed by atoms with Crippen LogP contribution >= 0.6 is 11.6 Å². The van der Waals surface area contributed by atoms with Crippen molar-refractivity contribution in [3.05, 3.63) is 50.7 Å². The fraction of sp³-hybridized carbons (Fsp3) is 0.562. The van der Waals surface area contributed by atoms with E-state index in [0.717, 1.165) is 5.56 Å². The molecule has 8 nitrogen and oxygen atoms in total. The third kappa shape index (κ3) is 3.70. The second-order valence-corrected chi connectivity index (χ2v) is 6.35. The molecular weight excluding hydrogens is 348 g/mol. The number of nitrogens with zero attached hydrogens (tertiary/aromatic N) is 4. The summed E-state index contributed by atoms with van der Waals surface area (Å²) in [5.74, 6) is 0.339. The van der Waals surface area contributed by atoms with Gasteiger partial charge < -0.3 is 19.6 Å². The Morgan fingerprint density at radius 1 is 1.52 bits per heavy atom. The first kappa shape index (κ1) is 19.4. The van der Waals surface area contributed by atoms with Crippen molar-refractivity contribution in [2.75, 3.05) is 20.2 Å². The van der Waals surface area contributed by atoms with Crippen LogP contribution in [0.25, 0.3) is 0 Å². The van der Waals surface area contributed by atoms with E-state index in [4.69, 9.17) is 16.3 Å². The van der Waals surface area contributed by atoms with Gasteiger partial charge in [-0.2, -0.15) is 0 Å². The molecule has 0 fully saturated rings. The summed E-state index contributed by atoms with van der Waals surface area (Å²) in [6.45, 7) is 6.31. The lowest BCUT2D eigenvalue weighted by atomic mass is 10.1. The predicted octanol–water partition coefficient (Wildman–Crippen LogP) is 2.06. The highest BCUT2D eigenvalue weighted by Crippen LogP contribution is 2.38. The third-order valence-corrected chi connectivity index (χ3v) is 4.57. The van der Waals surface area contributed by atoms with E-state index in [1.807, 2.05) is 17.9 Å². The summed E-state index contributed by atoms with van der Waals surface area (Å²) in [5.41, 5.74) is -0.799. The van der Waals surface area contributed by atoms with Crippen LogP contribution in [-0.2, 0) is 11.3 Å². The molecule has 0 bridgehead atoms. The Bertz CT molecular complexity index is 663. The Kier molecular flexibility index (Phi) is 5.87. The van der Waals surface area contributed by atoms with Crippen LogP contribution in [0.2, 0.25) is 5.15 Å². The molecule has 1 aliphatic rings. The number of hydrogen-bond acceptors (Lipinski definition) is 7. The fourth-order valence-electron chi connectivity index (χ4n) is 2.95. The first-order valence-electron chi connectivity index (χ1n) is 8.05. The van der Waals surface area contributed by atoms with E-state index in [0.29, 0.717) is 24.1 Å². The van der Waals surface area contributed by atoms with E-state index in [-0.39, 0.29) is 12.3 Å². The SMILES string of the molecule is CCOC1C([N+](=O)[O-])=C(N(CC)Cc2ccc(Cl)nc2)N(C)C1(C)O. The van der Waals surface area contributed by atoms with Gasteiger partial charge in [0.15, 0.2) is 17.6 Å². The quantitative estimate of drug-likeness (QED) is 0.446. The number of aliphatic hydroxyl groups is 1. The zero-order valence-corrected chi connectivity index (χ0v) is 15.5. The Morgan fingerprint density at radius 2 is 2.20 bits per heavy atom. The van der Waals surface area contributed by atoms with Gasteiger partial charge in [-0.3, -0.25) is 10.1 Å². The number of hydrogen-bond donors (Lipinski definition) is 1. The average molecular weight is 371 g/mol. The summed E-state index contributed by atoms with van der Waals surface area (Å²) in [6, 6.07) is 3.49. The van der Waals surface area contributed by atoms with Gasteiger partial charge >= 0.3 is 5.70 Å². The molecular formula is C16H23ClN4O4. The van der Waals surface area contributed by atoms with Gasteiger partial charge in [0.1, 0.15) is 5.15 Å². The molecule has 0 aliphatic carbocycles. The Hall–Kier alpha value is -1.90. The van der Waals surface area contributed by atoms with Crippen molar-refractivity contribution >= 4 is 11.6 Å². The second-order valence-electron chi connectivity index (χ2n) is 5.96. The lowest BCUT2D eigenvalue weighted by molar-refractivity contribution is -0.440. The highest BCUT2D eigenvalue weighted by atomic mass is 35.5. The zero-order valence-electron chi connectivity index (χ0n) is 14.8. The third-order valence-electron chi connectivity index (χ3n) is 4.34. The number of aromatic nitrogens is 1. The van der Waals surface area contributed by atoms with E-state index in [9.17, 15) is 15.2 Å². The summed E-state index contributed by atoms with van der Waals surface area (Å²) >= 11 is 5.81. The Balaban J connectivity index is 2.45. The number of pyridine rings is 1. The maximum absolute atomic E-state index is 11.7. The Morgan fingerprint density at radius 3 is 2.68 bits per heavy atom. The molecule has 1 aliphatic heterocycles. The van der Waals surface area contributed by atoms with Crippen molar-refractivity contribution in [1.29, 1.82) is 0 Å². The van der Waals surface area contributed by atoms with Crippen molar-refractivity contribution in [1.82, 2.24) is 14.8 Å². The van der Waals surface area contributed by atoms with Crippen molar-refractivity contribution < 1.29 is 14.8 Å². The van der Waals surface area contributed by atoms with Crippen molar-refractivity contribution in [3.8, 4) is 0 Å². The summed E-state index contributed by atoms with van der Waals surface area (Å²) < 4.78 is 5.51. The normalized spacial score (nSPS) is 23.3. The molecule has 2 heterocycles. The largest absolute Gasteiger partial charge is 0.368 e. The van der Waals surface area contributed by atoms with Crippen molar-refractivity contribution in [3.63, 3.8) is 0 Å². The van der Waals surface area contributed by atoms with E-state index < -0.39 is 16.8 Å². The van der Waals surface area contributed by atoms with Crippen LogP contribution in [0, 0.1) is 10.1 Å². The number of halogens is 1. The first-order chi connectivity index (χ1) is 11.7. The average Bonchev–Trinajstić information content (AvgIpc) is 2.75. The molecule has 25 heavy (non-hydrogen) atoms. The number of nitro groups is 1. The lowest BCUT2D eigenvalue weighted by Gasteiger charge is -2.36. The molecule has 2 atom stereocenters. The summed E-state index contributed by atoms with van der Waals surface area (Å²) in [4.78, 5) is 18.6. The fourth-order valence-corrected chi connectivity index (χ4v) is 3.06. The van der Waals surface area contributed by atoms with Crippen LogP contribution in [0.15, 0.2) is 29.8 Å². The van der Waals surface area contributed by atoms with Gasteiger partial charge in [0, 0.05) is 32.9 Å². The second kappa shape index (κ2) is 7.55. The van der Waals surface area contributed by atoms with E-state index in [2.05, 4.69) is 4.98 Å². The molecule has 9 heteroatoms. The van der Waals surface area contributed by atoms with Gasteiger partial charge in [-0.15, -0.1) is 0 Å². The number of likely N-dealkylation sites (N-methyl/N-ethyl adjacent to an activating group) is 1. The molecule has 0 saturated carbocycles. The molecule has 2 unspecified atom stereocenters. The molecule has 1 N–H and O–H groups in total. The molecule has 1 aromatic rings. The standard InChI is InChI=1S/C16H23ClN4O4/c1-5-20(10-11-7-8-12(17)18-9-11)15-13(21(23)24)14(25-6-2)16(3,22)19(15)4/h7-9,14,22H,5-6,10H2,1-4H3. The smallest absolute Gasteiger partial charge is 0.319 e. The molecule has 138 valence electrons. The molecule has 1 aromatic heterocycles. The van der Waals surface area contributed by atoms with Gasteiger partial charge in [0.05, 0.1) is 4.92 Å². The van der Waals surface area contributed by atoms with E-state index >= 15 is 0 Å². The lowest BCUT2D eigenvalue weighted by Crippen LogP contribution is -2.50. The summed E-state index contributed by atoms with van der Waals surface area (Å²) in [5, 5.41) is 22.9. The molecule has 2 rings (SSSR count). The number of rotatable bonds is 7. The maximum Gasteiger partial charge on any atom is 0.319 e. The monoisotopic (exact) mass is 370 g/mol. The summed E-state index contributed by atoms with van der Waals surface area (Å²) in [7, 11) is 1.63. The predicted molar refractivity (Wildman–Crippen MR) is 93.2 cm³/mol. The minimum Gasteiger partial charge on any atom is -0.368 e. The minimum atomic E-state index is -1.51. The van der Waals surface area contributed by atoms with Crippen LogP contribution in [0.4, 0.5) is 0 Å². The van der Waals surface area contributed by atoms with Gasteiger partial charge in [0.2, 0.25) is 0 Å². The van der Waals surface area contributed by atoms with Gasteiger partial charge in [-0.05, 0) is 32.4 Å². The van der Waals surface area contributed by atoms with Gasteiger partial charge in [-0.25, -0.2) is 4.98 Å².